The lowest BCUT2D eigenvalue weighted by Crippen LogP contribution is -2.51. The van der Waals surface area contributed by atoms with E-state index in [0.29, 0.717) is 13.0 Å². The molecule has 2 aromatic rings. The molecule has 5 rings (SSSR count). The molecule has 3 saturated heterocycles. The molecule has 162 valence electrons. The Morgan fingerprint density at radius 2 is 1.87 bits per heavy atom. The van der Waals surface area contributed by atoms with Crippen molar-refractivity contribution in [3.63, 3.8) is 0 Å². The first-order valence-corrected chi connectivity index (χ1v) is 11.3. The molecular weight excluding hydrogens is 390 g/mol. The summed E-state index contributed by atoms with van der Waals surface area (Å²) in [5.41, 5.74) is 3.26. The molecule has 0 aliphatic carbocycles. The highest BCUT2D eigenvalue weighted by molar-refractivity contribution is 6.00. The van der Waals surface area contributed by atoms with Gasteiger partial charge in [0.05, 0.1) is 12.1 Å². The Balaban J connectivity index is 1.26. The zero-order valence-electron chi connectivity index (χ0n) is 18.2. The van der Waals surface area contributed by atoms with Crippen molar-refractivity contribution in [2.24, 2.45) is 5.92 Å². The predicted octanol–water partition coefficient (Wildman–Crippen LogP) is 3.65. The van der Waals surface area contributed by atoms with Gasteiger partial charge in [0, 0.05) is 49.8 Å². The lowest BCUT2D eigenvalue weighted by molar-refractivity contribution is -0.141. The van der Waals surface area contributed by atoms with Gasteiger partial charge in [0.15, 0.2) is 0 Å². The molecule has 2 bridgehead atoms. The summed E-state index contributed by atoms with van der Waals surface area (Å²) in [5, 5.41) is 0. The molecule has 3 aliphatic heterocycles. The smallest absolute Gasteiger partial charge is 0.228 e. The van der Waals surface area contributed by atoms with Gasteiger partial charge in [0.2, 0.25) is 11.8 Å². The first kappa shape index (κ1) is 20.0. The van der Waals surface area contributed by atoms with Crippen molar-refractivity contribution in [3.05, 3.63) is 53.9 Å². The number of amides is 2. The van der Waals surface area contributed by atoms with Crippen molar-refractivity contribution in [1.82, 2.24) is 9.88 Å². The average Bonchev–Trinajstić information content (AvgIpc) is 3.27. The van der Waals surface area contributed by atoms with Crippen molar-refractivity contribution in [3.8, 4) is 5.75 Å². The quantitative estimate of drug-likeness (QED) is 0.759. The number of anilines is 1. The van der Waals surface area contributed by atoms with Crippen molar-refractivity contribution < 1.29 is 14.3 Å². The standard InChI is InChI=1S/C25H29N3O3/c1-16-5-6-19(10-17(16)2)27-15-18(11-24(27)29)25(30)28-20-7-8-21(28)13-23(12-20)31-22-4-3-9-26-14-22/h3-6,9-10,14,18,20-21,23H,7-8,11-13,15H2,1-2H3. The summed E-state index contributed by atoms with van der Waals surface area (Å²) in [6.07, 6.45) is 7.63. The molecule has 3 fully saturated rings. The van der Waals surface area contributed by atoms with Crippen LogP contribution in [0, 0.1) is 19.8 Å². The van der Waals surface area contributed by atoms with Crippen molar-refractivity contribution in [1.29, 1.82) is 0 Å². The SMILES string of the molecule is Cc1ccc(N2CC(C(=O)N3C4CCC3CC(Oc3cccnc3)C4)CC2=O)cc1C. The van der Waals surface area contributed by atoms with E-state index >= 15 is 0 Å². The fourth-order valence-electron chi connectivity index (χ4n) is 5.42. The zero-order chi connectivity index (χ0) is 21.5. The van der Waals surface area contributed by atoms with Crippen LogP contribution >= 0.6 is 0 Å². The molecule has 0 saturated carbocycles. The maximum atomic E-state index is 13.5. The summed E-state index contributed by atoms with van der Waals surface area (Å²) in [7, 11) is 0. The van der Waals surface area contributed by atoms with Crippen LogP contribution in [0.2, 0.25) is 0 Å². The number of fused-ring (bicyclic) bond motifs is 2. The highest BCUT2D eigenvalue weighted by Crippen LogP contribution is 2.39. The molecule has 3 aliphatic rings. The molecule has 6 heteroatoms. The van der Waals surface area contributed by atoms with Crippen molar-refractivity contribution in [2.75, 3.05) is 11.4 Å². The van der Waals surface area contributed by atoms with Crippen LogP contribution in [-0.2, 0) is 9.59 Å². The second-order valence-electron chi connectivity index (χ2n) is 9.20. The van der Waals surface area contributed by atoms with Crippen LogP contribution < -0.4 is 9.64 Å². The molecule has 0 radical (unpaired) electrons. The number of ether oxygens (including phenoxy) is 1. The van der Waals surface area contributed by atoms with Gasteiger partial charge in [-0.1, -0.05) is 6.07 Å². The van der Waals surface area contributed by atoms with Gasteiger partial charge in [0.25, 0.3) is 0 Å². The third kappa shape index (κ3) is 3.80. The molecular formula is C25H29N3O3. The van der Waals surface area contributed by atoms with Crippen LogP contribution in [0.1, 0.15) is 43.2 Å². The van der Waals surface area contributed by atoms with E-state index in [-0.39, 0.29) is 35.9 Å². The van der Waals surface area contributed by atoms with Crippen LogP contribution in [0.15, 0.2) is 42.7 Å². The lowest BCUT2D eigenvalue weighted by atomic mass is 9.96. The third-order valence-corrected chi connectivity index (χ3v) is 7.16. The van der Waals surface area contributed by atoms with Gasteiger partial charge >= 0.3 is 0 Å². The monoisotopic (exact) mass is 419 g/mol. The van der Waals surface area contributed by atoms with Gasteiger partial charge in [-0.25, -0.2) is 0 Å². The molecule has 3 unspecified atom stereocenters. The molecule has 31 heavy (non-hydrogen) atoms. The summed E-state index contributed by atoms with van der Waals surface area (Å²) >= 11 is 0. The first-order valence-electron chi connectivity index (χ1n) is 11.3. The molecule has 0 N–H and O–H groups in total. The summed E-state index contributed by atoms with van der Waals surface area (Å²) in [6.45, 7) is 4.60. The Morgan fingerprint density at radius 3 is 2.55 bits per heavy atom. The Hall–Kier alpha value is -2.89. The summed E-state index contributed by atoms with van der Waals surface area (Å²) in [6, 6.07) is 10.3. The van der Waals surface area contributed by atoms with Gasteiger partial charge in [-0.2, -0.15) is 0 Å². The normalized spacial score (nSPS) is 27.6. The van der Waals surface area contributed by atoms with Gasteiger partial charge in [0.1, 0.15) is 11.9 Å². The second kappa shape index (κ2) is 7.98. The molecule has 4 heterocycles. The van der Waals surface area contributed by atoms with E-state index in [2.05, 4.69) is 23.7 Å². The highest BCUT2D eigenvalue weighted by atomic mass is 16.5. The molecule has 2 amide bonds. The van der Waals surface area contributed by atoms with E-state index in [0.717, 1.165) is 42.7 Å². The number of hydrogen-bond acceptors (Lipinski definition) is 4. The third-order valence-electron chi connectivity index (χ3n) is 7.16. The van der Waals surface area contributed by atoms with Crippen LogP contribution in [-0.4, -0.2) is 46.4 Å². The van der Waals surface area contributed by atoms with Crippen LogP contribution in [0.5, 0.6) is 5.75 Å². The summed E-state index contributed by atoms with van der Waals surface area (Å²) in [5.74, 6) is 0.723. The minimum atomic E-state index is -0.256. The fraction of sp³-hybridized carbons (Fsp3) is 0.480. The minimum absolute atomic E-state index is 0.0451. The lowest BCUT2D eigenvalue weighted by Gasteiger charge is -2.40. The van der Waals surface area contributed by atoms with Crippen molar-refractivity contribution in [2.45, 2.75) is 64.1 Å². The maximum absolute atomic E-state index is 13.5. The number of aromatic nitrogens is 1. The highest BCUT2D eigenvalue weighted by Gasteiger charge is 2.47. The maximum Gasteiger partial charge on any atom is 0.228 e. The number of carbonyl (C=O) groups excluding carboxylic acids is 2. The number of carbonyl (C=O) groups is 2. The van der Waals surface area contributed by atoms with Crippen LogP contribution in [0.3, 0.4) is 0 Å². The minimum Gasteiger partial charge on any atom is -0.489 e. The van der Waals surface area contributed by atoms with E-state index in [9.17, 15) is 9.59 Å². The van der Waals surface area contributed by atoms with Crippen LogP contribution in [0.4, 0.5) is 5.69 Å². The van der Waals surface area contributed by atoms with E-state index in [1.165, 1.54) is 5.56 Å². The number of pyridine rings is 1. The molecule has 1 aromatic carbocycles. The van der Waals surface area contributed by atoms with Gasteiger partial charge in [-0.15, -0.1) is 0 Å². The van der Waals surface area contributed by atoms with Crippen molar-refractivity contribution >= 4 is 17.5 Å². The number of aryl methyl sites for hydroxylation is 2. The van der Waals surface area contributed by atoms with E-state index in [1.54, 1.807) is 17.3 Å². The fourth-order valence-corrected chi connectivity index (χ4v) is 5.42. The topological polar surface area (TPSA) is 62.7 Å². The molecule has 3 atom stereocenters. The Morgan fingerprint density at radius 1 is 1.10 bits per heavy atom. The average molecular weight is 420 g/mol. The van der Waals surface area contributed by atoms with Gasteiger partial charge < -0.3 is 14.5 Å². The molecule has 0 spiro atoms. The number of rotatable bonds is 4. The number of benzene rings is 1. The van der Waals surface area contributed by atoms with Crippen LogP contribution in [0.25, 0.3) is 0 Å². The predicted molar refractivity (Wildman–Crippen MR) is 118 cm³/mol. The Kier molecular flexibility index (Phi) is 5.16. The Labute approximate surface area is 183 Å². The molecule has 6 nitrogen and oxygen atoms in total. The number of hydrogen-bond donors (Lipinski definition) is 0. The summed E-state index contributed by atoms with van der Waals surface area (Å²) < 4.78 is 6.14. The van der Waals surface area contributed by atoms with E-state index < -0.39 is 0 Å². The number of nitrogens with zero attached hydrogens (tertiary/aromatic N) is 3. The number of piperidine rings is 1. The summed E-state index contributed by atoms with van der Waals surface area (Å²) in [4.78, 5) is 34.2. The van der Waals surface area contributed by atoms with E-state index in [1.807, 2.05) is 30.3 Å². The first-order chi connectivity index (χ1) is 15.0. The Bertz CT molecular complexity index is 979. The molecule has 1 aromatic heterocycles. The second-order valence-corrected chi connectivity index (χ2v) is 9.20. The van der Waals surface area contributed by atoms with Gasteiger partial charge in [-0.3, -0.25) is 14.6 Å². The largest absolute Gasteiger partial charge is 0.489 e. The van der Waals surface area contributed by atoms with E-state index in [4.69, 9.17) is 4.74 Å². The zero-order valence-corrected chi connectivity index (χ0v) is 18.2. The van der Waals surface area contributed by atoms with Gasteiger partial charge in [-0.05, 0) is 62.1 Å².